The molecule has 0 saturated carbocycles. The van der Waals surface area contributed by atoms with Crippen LogP contribution in [-0.4, -0.2) is 14.5 Å². The van der Waals surface area contributed by atoms with Crippen molar-refractivity contribution in [1.82, 2.24) is 9.55 Å². The maximum Gasteiger partial charge on any atom is 0.381 e. The van der Waals surface area contributed by atoms with Crippen LogP contribution in [0.4, 0.5) is 5.82 Å². The fraction of sp³-hybridized carbons (Fsp3) is 0.0952. The summed E-state index contributed by atoms with van der Waals surface area (Å²) in [6.07, 6.45) is 2.88. The third kappa shape index (κ3) is 3.79. The topological polar surface area (TPSA) is 70.2 Å². The van der Waals surface area contributed by atoms with E-state index in [1.165, 1.54) is 23.3 Å². The maximum absolute atomic E-state index is 10.7. The van der Waals surface area contributed by atoms with E-state index in [-0.39, 0.29) is 5.82 Å². The zero-order chi connectivity index (χ0) is 18.6. The van der Waals surface area contributed by atoms with Crippen LogP contribution in [0.5, 0.6) is 5.75 Å². The van der Waals surface area contributed by atoms with Crippen LogP contribution in [0, 0.1) is 10.1 Å². The van der Waals surface area contributed by atoms with E-state index in [9.17, 15) is 10.1 Å². The van der Waals surface area contributed by atoms with Gasteiger partial charge in [0.2, 0.25) is 6.33 Å². The first-order valence-electron chi connectivity index (χ1n) is 8.53. The molecule has 3 aromatic carbocycles. The molecular formula is C21H17N3O3. The Kier molecular flexibility index (Phi) is 4.53. The Morgan fingerprint density at radius 1 is 1.00 bits per heavy atom. The Bertz CT molecular complexity index is 1080. The predicted octanol–water partition coefficient (Wildman–Crippen LogP) is 4.57. The highest BCUT2D eigenvalue weighted by atomic mass is 16.6. The van der Waals surface area contributed by atoms with Gasteiger partial charge in [-0.1, -0.05) is 54.6 Å². The molecule has 0 radical (unpaired) electrons. The zero-order valence-electron chi connectivity index (χ0n) is 14.5. The summed E-state index contributed by atoms with van der Waals surface area (Å²) in [7, 11) is 0. The lowest BCUT2D eigenvalue weighted by Crippen LogP contribution is -1.98. The molecule has 27 heavy (non-hydrogen) atoms. The summed E-state index contributed by atoms with van der Waals surface area (Å²) in [6, 6.07) is 22.2. The van der Waals surface area contributed by atoms with Gasteiger partial charge in [0.05, 0.1) is 6.54 Å². The van der Waals surface area contributed by atoms with Crippen LogP contribution in [0.3, 0.4) is 0 Å². The molecule has 4 aromatic rings. The second-order valence-corrected chi connectivity index (χ2v) is 6.23. The number of rotatable bonds is 6. The van der Waals surface area contributed by atoms with Gasteiger partial charge in [0.1, 0.15) is 18.6 Å². The predicted molar refractivity (Wildman–Crippen MR) is 103 cm³/mol. The van der Waals surface area contributed by atoms with E-state index in [0.717, 1.165) is 16.9 Å². The van der Waals surface area contributed by atoms with E-state index in [1.807, 2.05) is 42.5 Å². The highest BCUT2D eigenvalue weighted by Gasteiger charge is 2.09. The summed E-state index contributed by atoms with van der Waals surface area (Å²) in [6.45, 7) is 1.01. The fourth-order valence-corrected chi connectivity index (χ4v) is 3.01. The smallest absolute Gasteiger partial charge is 0.381 e. The molecular weight excluding hydrogens is 342 g/mol. The third-order valence-electron chi connectivity index (χ3n) is 4.37. The number of ether oxygens (including phenoxy) is 1. The van der Waals surface area contributed by atoms with Gasteiger partial charge in [0.15, 0.2) is 0 Å². The summed E-state index contributed by atoms with van der Waals surface area (Å²) in [5, 5.41) is 13.1. The molecule has 134 valence electrons. The number of nitrogens with zero attached hydrogens (tertiary/aromatic N) is 3. The van der Waals surface area contributed by atoms with Crippen molar-refractivity contribution in [3.05, 3.63) is 100 Å². The number of imidazole rings is 1. The molecule has 1 aromatic heterocycles. The first-order chi connectivity index (χ1) is 13.2. The van der Waals surface area contributed by atoms with Gasteiger partial charge in [-0.2, -0.15) is 0 Å². The van der Waals surface area contributed by atoms with Crippen LogP contribution in [0.2, 0.25) is 0 Å². The van der Waals surface area contributed by atoms with E-state index >= 15 is 0 Å². The summed E-state index contributed by atoms with van der Waals surface area (Å²) < 4.78 is 7.62. The second-order valence-electron chi connectivity index (χ2n) is 6.23. The number of benzene rings is 3. The van der Waals surface area contributed by atoms with Gasteiger partial charge in [0, 0.05) is 0 Å². The van der Waals surface area contributed by atoms with Gasteiger partial charge in [-0.05, 0) is 43.9 Å². The molecule has 0 amide bonds. The van der Waals surface area contributed by atoms with Crippen molar-refractivity contribution in [1.29, 1.82) is 0 Å². The van der Waals surface area contributed by atoms with Crippen molar-refractivity contribution in [3.8, 4) is 5.75 Å². The van der Waals surface area contributed by atoms with Crippen LogP contribution in [0.15, 0.2) is 79.3 Å². The Hall–Kier alpha value is -3.67. The van der Waals surface area contributed by atoms with Crippen LogP contribution in [0.1, 0.15) is 11.1 Å². The molecule has 0 aliphatic carbocycles. The standard InChI is InChI=1S/C21H17N3O3/c25-24(26)21-13-23(15-22-21)12-16-8-10-19(11-9-16)27-14-18-6-3-5-17-4-1-2-7-20(17)18/h1-11,13,15H,12,14H2. The van der Waals surface area contributed by atoms with Crippen molar-refractivity contribution >= 4 is 16.6 Å². The summed E-state index contributed by atoms with van der Waals surface area (Å²) in [5.74, 6) is 0.633. The first-order valence-corrected chi connectivity index (χ1v) is 8.53. The summed E-state index contributed by atoms with van der Waals surface area (Å²) in [4.78, 5) is 14.0. The monoisotopic (exact) mass is 359 g/mol. The van der Waals surface area contributed by atoms with Gasteiger partial charge < -0.3 is 19.4 Å². The second kappa shape index (κ2) is 7.29. The van der Waals surface area contributed by atoms with Crippen molar-refractivity contribution in [3.63, 3.8) is 0 Å². The Morgan fingerprint density at radius 2 is 1.78 bits per heavy atom. The average molecular weight is 359 g/mol. The molecule has 0 unspecified atom stereocenters. The molecule has 6 nitrogen and oxygen atoms in total. The minimum absolute atomic E-state index is 0.148. The van der Waals surface area contributed by atoms with Gasteiger partial charge in [-0.3, -0.25) is 0 Å². The molecule has 0 spiro atoms. The van der Waals surface area contributed by atoms with E-state index in [4.69, 9.17) is 4.74 Å². The Balaban J connectivity index is 1.42. The molecule has 0 bridgehead atoms. The van der Waals surface area contributed by atoms with Crippen LogP contribution in [0.25, 0.3) is 10.8 Å². The summed E-state index contributed by atoms with van der Waals surface area (Å²) >= 11 is 0. The lowest BCUT2D eigenvalue weighted by molar-refractivity contribution is -0.389. The number of aromatic nitrogens is 2. The van der Waals surface area contributed by atoms with Gasteiger partial charge in [0.25, 0.3) is 0 Å². The van der Waals surface area contributed by atoms with E-state index in [0.29, 0.717) is 13.2 Å². The lowest BCUT2D eigenvalue weighted by Gasteiger charge is -2.10. The van der Waals surface area contributed by atoms with Crippen LogP contribution >= 0.6 is 0 Å². The first kappa shape index (κ1) is 16.8. The Morgan fingerprint density at radius 3 is 2.56 bits per heavy atom. The average Bonchev–Trinajstić information content (AvgIpc) is 3.16. The third-order valence-corrected chi connectivity index (χ3v) is 4.37. The number of fused-ring (bicyclic) bond motifs is 1. The lowest BCUT2D eigenvalue weighted by atomic mass is 10.1. The molecule has 0 N–H and O–H groups in total. The van der Waals surface area contributed by atoms with Crippen molar-refractivity contribution < 1.29 is 9.66 Å². The maximum atomic E-state index is 10.7. The molecule has 4 rings (SSSR count). The molecule has 0 aliphatic heterocycles. The highest BCUT2D eigenvalue weighted by molar-refractivity contribution is 5.85. The molecule has 0 fully saturated rings. The largest absolute Gasteiger partial charge is 0.489 e. The summed E-state index contributed by atoms with van der Waals surface area (Å²) in [5.41, 5.74) is 2.16. The van der Waals surface area contributed by atoms with Crippen molar-refractivity contribution in [2.45, 2.75) is 13.2 Å². The van der Waals surface area contributed by atoms with Crippen LogP contribution < -0.4 is 4.74 Å². The van der Waals surface area contributed by atoms with E-state index < -0.39 is 4.92 Å². The zero-order valence-corrected chi connectivity index (χ0v) is 14.5. The quantitative estimate of drug-likeness (QED) is 0.373. The van der Waals surface area contributed by atoms with Crippen molar-refractivity contribution in [2.75, 3.05) is 0 Å². The normalized spacial score (nSPS) is 10.8. The molecule has 0 saturated heterocycles. The SMILES string of the molecule is O=[N+]([O-])c1cn(Cc2ccc(OCc3cccc4ccccc34)cc2)cn1. The fourth-order valence-electron chi connectivity index (χ4n) is 3.01. The molecule has 0 atom stereocenters. The number of nitro groups is 1. The molecule has 0 aliphatic rings. The van der Waals surface area contributed by atoms with E-state index in [1.54, 1.807) is 4.57 Å². The van der Waals surface area contributed by atoms with Crippen LogP contribution in [-0.2, 0) is 13.2 Å². The number of hydrogen-bond donors (Lipinski definition) is 0. The van der Waals surface area contributed by atoms with Gasteiger partial charge in [-0.15, -0.1) is 0 Å². The highest BCUT2D eigenvalue weighted by Crippen LogP contribution is 2.21. The Labute approximate surface area is 155 Å². The van der Waals surface area contributed by atoms with Crippen molar-refractivity contribution in [2.24, 2.45) is 0 Å². The number of hydrogen-bond acceptors (Lipinski definition) is 4. The van der Waals surface area contributed by atoms with Gasteiger partial charge >= 0.3 is 5.82 Å². The van der Waals surface area contributed by atoms with E-state index in [2.05, 4.69) is 29.2 Å². The minimum atomic E-state index is -0.499. The molecule has 1 heterocycles. The van der Waals surface area contributed by atoms with Gasteiger partial charge in [-0.25, -0.2) is 0 Å². The molecule has 6 heteroatoms. The minimum Gasteiger partial charge on any atom is -0.489 e.